The van der Waals surface area contributed by atoms with E-state index in [0.29, 0.717) is 12.0 Å². The average molecular weight is 214 g/mol. The van der Waals surface area contributed by atoms with Gasteiger partial charge in [-0.1, -0.05) is 13.8 Å². The summed E-state index contributed by atoms with van der Waals surface area (Å²) >= 11 is 0. The Labute approximate surface area is 92.0 Å². The quantitative estimate of drug-likeness (QED) is 0.676. The maximum absolute atomic E-state index is 11.2. The Balaban J connectivity index is 2.41. The van der Waals surface area contributed by atoms with Gasteiger partial charge in [0.15, 0.2) is 0 Å². The van der Waals surface area contributed by atoms with Crippen LogP contribution in [0, 0.1) is 5.41 Å². The van der Waals surface area contributed by atoms with E-state index in [1.54, 1.807) is 0 Å². The van der Waals surface area contributed by atoms with Crippen LogP contribution < -0.4 is 5.32 Å². The van der Waals surface area contributed by atoms with E-state index in [0.717, 1.165) is 26.2 Å². The number of nitrogens with one attached hydrogen (secondary N) is 1. The maximum Gasteiger partial charge on any atom is 0.319 e. The van der Waals surface area contributed by atoms with Crippen molar-refractivity contribution in [3.05, 3.63) is 0 Å². The highest BCUT2D eigenvalue weighted by atomic mass is 16.5. The van der Waals surface area contributed by atoms with Gasteiger partial charge in [-0.3, -0.25) is 9.69 Å². The van der Waals surface area contributed by atoms with E-state index < -0.39 is 0 Å². The summed E-state index contributed by atoms with van der Waals surface area (Å²) in [5.74, 6) is -0.147. The van der Waals surface area contributed by atoms with Crippen LogP contribution in [-0.4, -0.2) is 50.7 Å². The molecule has 1 fully saturated rings. The number of nitrogens with zero attached hydrogens (tertiary/aromatic N) is 1. The molecule has 0 aromatic carbocycles. The maximum atomic E-state index is 11.2. The van der Waals surface area contributed by atoms with Gasteiger partial charge in [0.1, 0.15) is 0 Å². The normalized spacial score (nSPS) is 25.9. The highest BCUT2D eigenvalue weighted by molar-refractivity contribution is 5.71. The standard InChI is InChI=1S/C11H22N2O2/c1-4-13(7-10(14)15-3)9-11(2)5-6-12-8-11/h12H,4-9H2,1-3H3. The zero-order valence-corrected chi connectivity index (χ0v) is 10.0. The van der Waals surface area contributed by atoms with E-state index in [2.05, 4.69) is 28.8 Å². The minimum atomic E-state index is -0.147. The van der Waals surface area contributed by atoms with Gasteiger partial charge in [0, 0.05) is 13.1 Å². The zero-order valence-electron chi connectivity index (χ0n) is 10.0. The van der Waals surface area contributed by atoms with Crippen molar-refractivity contribution < 1.29 is 9.53 Å². The van der Waals surface area contributed by atoms with Crippen LogP contribution in [0.2, 0.25) is 0 Å². The number of carbonyl (C=O) groups excluding carboxylic acids is 1. The molecule has 0 aliphatic carbocycles. The van der Waals surface area contributed by atoms with Gasteiger partial charge in [0.2, 0.25) is 0 Å². The second kappa shape index (κ2) is 5.47. The molecule has 0 saturated carbocycles. The van der Waals surface area contributed by atoms with Crippen molar-refractivity contribution in [3.63, 3.8) is 0 Å². The van der Waals surface area contributed by atoms with Crippen molar-refractivity contribution in [1.82, 2.24) is 10.2 Å². The second-order valence-electron chi connectivity index (χ2n) is 4.62. The van der Waals surface area contributed by atoms with Gasteiger partial charge in [-0.2, -0.15) is 0 Å². The number of rotatable bonds is 5. The molecule has 0 bridgehead atoms. The largest absolute Gasteiger partial charge is 0.468 e. The third kappa shape index (κ3) is 3.80. The molecule has 0 aromatic heterocycles. The van der Waals surface area contributed by atoms with Crippen molar-refractivity contribution in [2.75, 3.05) is 39.8 Å². The average Bonchev–Trinajstić information content (AvgIpc) is 2.63. The molecule has 1 aliphatic heterocycles. The summed E-state index contributed by atoms with van der Waals surface area (Å²) in [6, 6.07) is 0. The highest BCUT2D eigenvalue weighted by Gasteiger charge is 2.30. The molecule has 0 aromatic rings. The Kier molecular flexibility index (Phi) is 4.54. The first-order chi connectivity index (χ1) is 7.09. The van der Waals surface area contributed by atoms with Gasteiger partial charge in [-0.15, -0.1) is 0 Å². The summed E-state index contributed by atoms with van der Waals surface area (Å²) < 4.78 is 4.68. The fraction of sp³-hybridized carbons (Fsp3) is 0.909. The van der Waals surface area contributed by atoms with Crippen molar-refractivity contribution in [3.8, 4) is 0 Å². The lowest BCUT2D eigenvalue weighted by molar-refractivity contribution is -0.142. The van der Waals surface area contributed by atoms with E-state index >= 15 is 0 Å². The zero-order chi connectivity index (χ0) is 11.3. The van der Waals surface area contributed by atoms with Crippen molar-refractivity contribution >= 4 is 5.97 Å². The topological polar surface area (TPSA) is 41.6 Å². The molecule has 0 amide bonds. The minimum absolute atomic E-state index is 0.147. The number of methoxy groups -OCH3 is 1. The molecule has 88 valence electrons. The van der Waals surface area contributed by atoms with E-state index in [1.807, 2.05) is 0 Å². The Morgan fingerprint density at radius 1 is 1.60 bits per heavy atom. The first-order valence-corrected chi connectivity index (χ1v) is 5.59. The number of esters is 1. The summed E-state index contributed by atoms with van der Waals surface area (Å²) in [6.45, 7) is 8.75. The molecule has 4 nitrogen and oxygen atoms in total. The molecule has 0 radical (unpaired) electrons. The Bertz CT molecular complexity index is 213. The van der Waals surface area contributed by atoms with Crippen LogP contribution in [0.15, 0.2) is 0 Å². The minimum Gasteiger partial charge on any atom is -0.468 e. The van der Waals surface area contributed by atoms with Gasteiger partial charge in [-0.05, 0) is 24.9 Å². The van der Waals surface area contributed by atoms with E-state index in [9.17, 15) is 4.79 Å². The fourth-order valence-electron chi connectivity index (χ4n) is 2.07. The summed E-state index contributed by atoms with van der Waals surface area (Å²) in [6.07, 6.45) is 1.19. The van der Waals surface area contributed by atoms with Gasteiger partial charge in [0.05, 0.1) is 13.7 Å². The Hall–Kier alpha value is -0.610. The van der Waals surface area contributed by atoms with Gasteiger partial charge in [-0.25, -0.2) is 0 Å². The molecule has 1 atom stereocenters. The predicted molar refractivity (Wildman–Crippen MR) is 59.7 cm³/mol. The highest BCUT2D eigenvalue weighted by Crippen LogP contribution is 2.25. The van der Waals surface area contributed by atoms with Crippen LogP contribution in [-0.2, 0) is 9.53 Å². The first kappa shape index (κ1) is 12.5. The Morgan fingerprint density at radius 3 is 2.80 bits per heavy atom. The lowest BCUT2D eigenvalue weighted by atomic mass is 9.89. The second-order valence-corrected chi connectivity index (χ2v) is 4.62. The molecule has 1 aliphatic rings. The molecule has 1 N–H and O–H groups in total. The first-order valence-electron chi connectivity index (χ1n) is 5.59. The summed E-state index contributed by atoms with van der Waals surface area (Å²) in [7, 11) is 1.44. The van der Waals surface area contributed by atoms with E-state index in [1.165, 1.54) is 13.5 Å². The van der Waals surface area contributed by atoms with Gasteiger partial charge >= 0.3 is 5.97 Å². The molecule has 4 heteroatoms. The number of ether oxygens (including phenoxy) is 1. The molecule has 1 rings (SSSR count). The van der Waals surface area contributed by atoms with Gasteiger partial charge < -0.3 is 10.1 Å². The molecular formula is C11H22N2O2. The smallest absolute Gasteiger partial charge is 0.319 e. The summed E-state index contributed by atoms with van der Waals surface area (Å²) in [5, 5.41) is 3.37. The summed E-state index contributed by atoms with van der Waals surface area (Å²) in [4.78, 5) is 13.3. The van der Waals surface area contributed by atoms with Crippen LogP contribution in [0.4, 0.5) is 0 Å². The summed E-state index contributed by atoms with van der Waals surface area (Å²) in [5.41, 5.74) is 0.310. The third-order valence-corrected chi connectivity index (χ3v) is 3.09. The van der Waals surface area contributed by atoms with Crippen molar-refractivity contribution in [2.45, 2.75) is 20.3 Å². The predicted octanol–water partition coefficient (Wildman–Crippen LogP) is 0.481. The lowest BCUT2D eigenvalue weighted by Gasteiger charge is -2.30. The molecule has 1 saturated heterocycles. The lowest BCUT2D eigenvalue weighted by Crippen LogP contribution is -2.40. The molecular weight excluding hydrogens is 192 g/mol. The molecule has 0 spiro atoms. The third-order valence-electron chi connectivity index (χ3n) is 3.09. The molecule has 1 heterocycles. The van der Waals surface area contributed by atoms with Crippen LogP contribution in [0.5, 0.6) is 0 Å². The van der Waals surface area contributed by atoms with Crippen LogP contribution in [0.3, 0.4) is 0 Å². The van der Waals surface area contributed by atoms with Crippen LogP contribution >= 0.6 is 0 Å². The monoisotopic (exact) mass is 214 g/mol. The van der Waals surface area contributed by atoms with Crippen molar-refractivity contribution in [2.24, 2.45) is 5.41 Å². The van der Waals surface area contributed by atoms with Crippen LogP contribution in [0.25, 0.3) is 0 Å². The van der Waals surface area contributed by atoms with Gasteiger partial charge in [0.25, 0.3) is 0 Å². The Morgan fingerprint density at radius 2 is 2.33 bits per heavy atom. The van der Waals surface area contributed by atoms with E-state index in [-0.39, 0.29) is 5.97 Å². The number of likely N-dealkylation sites (N-methyl/N-ethyl adjacent to an activating group) is 1. The number of carbonyl (C=O) groups is 1. The van der Waals surface area contributed by atoms with E-state index in [4.69, 9.17) is 0 Å². The molecule has 15 heavy (non-hydrogen) atoms. The van der Waals surface area contributed by atoms with Crippen molar-refractivity contribution in [1.29, 1.82) is 0 Å². The van der Waals surface area contributed by atoms with Crippen LogP contribution in [0.1, 0.15) is 20.3 Å². The number of hydrogen-bond donors (Lipinski definition) is 1. The fourth-order valence-corrected chi connectivity index (χ4v) is 2.07. The SMILES string of the molecule is CCN(CC(=O)OC)CC1(C)CCNC1. The number of hydrogen-bond acceptors (Lipinski definition) is 4. The molecule has 1 unspecified atom stereocenters.